The van der Waals surface area contributed by atoms with Crippen molar-refractivity contribution in [1.82, 2.24) is 28.9 Å². The number of amides is 1. The molecule has 4 aromatic heterocycles. The fourth-order valence-corrected chi connectivity index (χ4v) is 5.34. The molecule has 0 aliphatic carbocycles. The highest BCUT2D eigenvalue weighted by molar-refractivity contribution is 6.07. The van der Waals surface area contributed by atoms with Crippen LogP contribution in [0.3, 0.4) is 0 Å². The van der Waals surface area contributed by atoms with Crippen molar-refractivity contribution in [3.05, 3.63) is 53.6 Å². The highest BCUT2D eigenvalue weighted by Gasteiger charge is 2.28. The Balaban J connectivity index is 1.51. The Morgan fingerprint density at radius 3 is 2.74 bits per heavy atom. The normalized spacial score (nSPS) is 13.3. The van der Waals surface area contributed by atoms with Crippen molar-refractivity contribution in [3.8, 4) is 11.3 Å². The Morgan fingerprint density at radius 1 is 1.17 bits per heavy atom. The number of benzene rings is 1. The largest absolute Gasteiger partial charge is 0.383 e. The first-order chi connectivity index (χ1) is 16.8. The zero-order chi connectivity index (χ0) is 24.4. The molecular formula is C26H28N8O. The van der Waals surface area contributed by atoms with Gasteiger partial charge in [0.25, 0.3) is 5.91 Å². The summed E-state index contributed by atoms with van der Waals surface area (Å²) in [7, 11) is 1.86. The molecule has 5 heterocycles. The van der Waals surface area contributed by atoms with Crippen molar-refractivity contribution in [1.29, 1.82) is 0 Å². The number of carbonyl (C=O) groups excluding carboxylic acids is 1. The van der Waals surface area contributed by atoms with E-state index in [1.807, 2.05) is 38.2 Å². The van der Waals surface area contributed by atoms with Crippen molar-refractivity contribution in [2.45, 2.75) is 46.2 Å². The Hall–Kier alpha value is -4.14. The summed E-state index contributed by atoms with van der Waals surface area (Å²) < 4.78 is 6.34. The Labute approximate surface area is 202 Å². The molecule has 0 bridgehead atoms. The maximum Gasteiger partial charge on any atom is 0.256 e. The van der Waals surface area contributed by atoms with Gasteiger partial charge >= 0.3 is 0 Å². The zero-order valence-corrected chi connectivity index (χ0v) is 20.3. The smallest absolute Gasteiger partial charge is 0.256 e. The first-order valence-corrected chi connectivity index (χ1v) is 11.9. The van der Waals surface area contributed by atoms with E-state index in [1.165, 1.54) is 5.69 Å². The number of anilines is 2. The van der Waals surface area contributed by atoms with E-state index in [1.54, 1.807) is 11.0 Å². The van der Waals surface area contributed by atoms with Crippen LogP contribution in [-0.4, -0.2) is 34.8 Å². The molecule has 0 saturated carbocycles. The summed E-state index contributed by atoms with van der Waals surface area (Å²) >= 11 is 0. The van der Waals surface area contributed by atoms with E-state index < -0.39 is 0 Å². The highest BCUT2D eigenvalue weighted by atomic mass is 16.1. The Morgan fingerprint density at radius 2 is 2.00 bits per heavy atom. The van der Waals surface area contributed by atoms with E-state index in [2.05, 4.69) is 49.4 Å². The lowest BCUT2D eigenvalue weighted by atomic mass is 10.1. The average Bonchev–Trinajstić information content (AvgIpc) is 3.41. The van der Waals surface area contributed by atoms with Crippen LogP contribution in [0.25, 0.3) is 33.2 Å². The van der Waals surface area contributed by atoms with Gasteiger partial charge in [0.05, 0.1) is 11.1 Å². The van der Waals surface area contributed by atoms with E-state index in [-0.39, 0.29) is 11.9 Å². The Kier molecular flexibility index (Phi) is 4.70. The standard InChI is InChI=1S/C26H28N8O/c1-14(2)34-18-6-5-9-33-19-12-17(26(35)30-21-10-15(3)32(4)31-21)8-7-16(19)11-20(33)22(18)23-24(27)28-13-29-25(23)34/h7-8,10-14H,5-6,9H2,1-4H3,(H2,27,28,29)(H,30,31,35). The Bertz CT molecular complexity index is 1620. The molecule has 9 nitrogen and oxygen atoms in total. The number of nitrogens with one attached hydrogen (secondary N) is 1. The van der Waals surface area contributed by atoms with Crippen LogP contribution in [0, 0.1) is 6.92 Å². The molecule has 6 rings (SSSR count). The summed E-state index contributed by atoms with van der Waals surface area (Å²) in [4.78, 5) is 22.0. The van der Waals surface area contributed by atoms with E-state index in [0.29, 0.717) is 17.2 Å². The second-order valence-corrected chi connectivity index (χ2v) is 9.55. The van der Waals surface area contributed by atoms with Crippen LogP contribution >= 0.6 is 0 Å². The van der Waals surface area contributed by atoms with Crippen molar-refractivity contribution >= 4 is 39.5 Å². The molecule has 178 valence electrons. The molecule has 0 atom stereocenters. The molecule has 1 aromatic carbocycles. The average molecular weight is 469 g/mol. The zero-order valence-electron chi connectivity index (χ0n) is 20.3. The van der Waals surface area contributed by atoms with Crippen LogP contribution in [0.2, 0.25) is 0 Å². The van der Waals surface area contributed by atoms with Gasteiger partial charge in [0.15, 0.2) is 5.82 Å². The minimum atomic E-state index is -0.177. The van der Waals surface area contributed by atoms with Gasteiger partial charge < -0.3 is 20.2 Å². The fraction of sp³-hybridized carbons (Fsp3) is 0.308. The second-order valence-electron chi connectivity index (χ2n) is 9.55. The van der Waals surface area contributed by atoms with Gasteiger partial charge in [0, 0.05) is 59.1 Å². The number of nitrogens with zero attached hydrogens (tertiary/aromatic N) is 6. The second kappa shape index (κ2) is 7.69. The first-order valence-electron chi connectivity index (χ1n) is 11.9. The van der Waals surface area contributed by atoms with E-state index >= 15 is 0 Å². The summed E-state index contributed by atoms with van der Waals surface area (Å²) in [6.45, 7) is 7.15. The number of hydrogen-bond acceptors (Lipinski definition) is 5. The van der Waals surface area contributed by atoms with Crippen molar-refractivity contribution in [2.75, 3.05) is 11.1 Å². The van der Waals surface area contributed by atoms with Gasteiger partial charge in [0.1, 0.15) is 17.8 Å². The number of aromatic nitrogens is 6. The quantitative estimate of drug-likeness (QED) is 0.406. The van der Waals surface area contributed by atoms with Gasteiger partial charge in [-0.1, -0.05) is 6.07 Å². The predicted octanol–water partition coefficient (Wildman–Crippen LogP) is 4.46. The molecule has 0 unspecified atom stereocenters. The number of carbonyl (C=O) groups is 1. The fourth-order valence-electron chi connectivity index (χ4n) is 5.34. The van der Waals surface area contributed by atoms with Gasteiger partial charge in [-0.2, -0.15) is 5.10 Å². The lowest BCUT2D eigenvalue weighted by Gasteiger charge is -2.13. The molecular weight excluding hydrogens is 440 g/mol. The molecule has 9 heteroatoms. The number of fused-ring (bicyclic) bond motifs is 7. The van der Waals surface area contributed by atoms with Gasteiger partial charge in [-0.05, 0) is 51.8 Å². The van der Waals surface area contributed by atoms with Crippen LogP contribution in [-0.2, 0) is 20.0 Å². The van der Waals surface area contributed by atoms with E-state index in [0.717, 1.165) is 58.3 Å². The van der Waals surface area contributed by atoms with Gasteiger partial charge in [-0.15, -0.1) is 0 Å². The van der Waals surface area contributed by atoms with Crippen LogP contribution in [0.4, 0.5) is 11.6 Å². The van der Waals surface area contributed by atoms with Gasteiger partial charge in [-0.25, -0.2) is 9.97 Å². The summed E-state index contributed by atoms with van der Waals surface area (Å²) in [6, 6.07) is 10.1. The van der Waals surface area contributed by atoms with E-state index in [4.69, 9.17) is 5.73 Å². The third-order valence-electron chi connectivity index (χ3n) is 7.00. The topological polar surface area (TPSA) is 109 Å². The molecule has 3 N–H and O–H groups in total. The predicted molar refractivity (Wildman–Crippen MR) is 137 cm³/mol. The van der Waals surface area contributed by atoms with Gasteiger partial charge in [-0.3, -0.25) is 9.48 Å². The monoisotopic (exact) mass is 468 g/mol. The van der Waals surface area contributed by atoms with Crippen LogP contribution in [0.5, 0.6) is 0 Å². The van der Waals surface area contributed by atoms with Crippen molar-refractivity contribution in [3.63, 3.8) is 0 Å². The molecule has 1 amide bonds. The van der Waals surface area contributed by atoms with Crippen molar-refractivity contribution in [2.24, 2.45) is 7.05 Å². The van der Waals surface area contributed by atoms with Crippen LogP contribution in [0.1, 0.15) is 48.1 Å². The lowest BCUT2D eigenvalue weighted by molar-refractivity contribution is 0.102. The highest BCUT2D eigenvalue weighted by Crippen LogP contribution is 2.42. The van der Waals surface area contributed by atoms with Gasteiger partial charge in [0.2, 0.25) is 0 Å². The molecule has 35 heavy (non-hydrogen) atoms. The van der Waals surface area contributed by atoms with E-state index in [9.17, 15) is 4.79 Å². The lowest BCUT2D eigenvalue weighted by Crippen LogP contribution is -2.12. The number of nitrogen functional groups attached to an aromatic ring is 1. The molecule has 0 fully saturated rings. The maximum absolute atomic E-state index is 13.0. The summed E-state index contributed by atoms with van der Waals surface area (Å²) in [5, 5.41) is 9.25. The van der Waals surface area contributed by atoms with Crippen LogP contribution < -0.4 is 11.1 Å². The molecule has 0 spiro atoms. The van der Waals surface area contributed by atoms with Crippen molar-refractivity contribution < 1.29 is 4.79 Å². The third-order valence-corrected chi connectivity index (χ3v) is 7.00. The molecule has 1 aliphatic heterocycles. The number of nitrogens with two attached hydrogens (primary N) is 1. The number of rotatable bonds is 3. The summed E-state index contributed by atoms with van der Waals surface area (Å²) in [6.07, 6.45) is 3.44. The number of aryl methyl sites for hydroxylation is 3. The summed E-state index contributed by atoms with van der Waals surface area (Å²) in [5.74, 6) is 0.865. The van der Waals surface area contributed by atoms with Crippen LogP contribution in [0.15, 0.2) is 36.7 Å². The first kappa shape index (κ1) is 21.4. The minimum absolute atomic E-state index is 0.177. The minimum Gasteiger partial charge on any atom is -0.383 e. The molecule has 5 aromatic rings. The number of hydrogen-bond donors (Lipinski definition) is 2. The maximum atomic E-state index is 13.0. The SMILES string of the molecule is Cc1cc(NC(=O)c2ccc3cc4n(c3c2)CCCc2c-4c3c(N)ncnc3n2C(C)C)nn1C. The molecule has 1 aliphatic rings. The third kappa shape index (κ3) is 3.22. The summed E-state index contributed by atoms with van der Waals surface area (Å²) in [5.41, 5.74) is 13.3. The molecule has 0 saturated heterocycles. The molecule has 0 radical (unpaired) electrons.